The van der Waals surface area contributed by atoms with E-state index in [9.17, 15) is 19.3 Å². The zero-order valence-corrected chi connectivity index (χ0v) is 17.0. The number of ether oxygens (including phenoxy) is 1. The van der Waals surface area contributed by atoms with Gasteiger partial charge in [0.2, 0.25) is 0 Å². The third-order valence-electron chi connectivity index (χ3n) is 3.97. The predicted octanol–water partition coefficient (Wildman–Crippen LogP) is 4.22. The van der Waals surface area contributed by atoms with Crippen LogP contribution >= 0.6 is 15.9 Å². The highest BCUT2D eigenvalue weighted by Crippen LogP contribution is 2.35. The highest BCUT2D eigenvalue weighted by Gasteiger charge is 2.21. The first-order chi connectivity index (χ1) is 14.2. The lowest BCUT2D eigenvalue weighted by molar-refractivity contribution is -0.385. The van der Waals surface area contributed by atoms with Gasteiger partial charge in [-0.25, -0.2) is 19.2 Å². The molecule has 3 N–H and O–H groups in total. The van der Waals surface area contributed by atoms with Crippen LogP contribution in [-0.2, 0) is 0 Å². The van der Waals surface area contributed by atoms with Gasteiger partial charge in [-0.3, -0.25) is 10.1 Å². The number of benzene rings is 2. The quantitative estimate of drug-likeness (QED) is 0.338. The fourth-order valence-electron chi connectivity index (χ4n) is 2.62. The highest BCUT2D eigenvalue weighted by molar-refractivity contribution is 9.10. The summed E-state index contributed by atoms with van der Waals surface area (Å²) in [4.78, 5) is 29.7. The number of anilines is 2. The molecule has 0 aliphatic heterocycles. The first-order valence-electron chi connectivity index (χ1n) is 8.53. The summed E-state index contributed by atoms with van der Waals surface area (Å²) in [5.41, 5.74) is 0.0948. The number of fused-ring (bicyclic) bond motifs is 1. The van der Waals surface area contributed by atoms with E-state index in [4.69, 9.17) is 9.84 Å². The van der Waals surface area contributed by atoms with Gasteiger partial charge in [0.15, 0.2) is 5.75 Å². The van der Waals surface area contributed by atoms with E-state index in [1.54, 1.807) is 13.0 Å². The molecule has 10 nitrogen and oxygen atoms in total. The average molecular weight is 480 g/mol. The number of carboxylic acid groups (broad SMARTS) is 1. The molecule has 30 heavy (non-hydrogen) atoms. The van der Waals surface area contributed by atoms with Gasteiger partial charge in [-0.05, 0) is 25.1 Å². The molecule has 0 saturated carbocycles. The van der Waals surface area contributed by atoms with E-state index in [1.807, 2.05) is 0 Å². The molecule has 1 amide bonds. The van der Waals surface area contributed by atoms with Crippen molar-refractivity contribution >= 4 is 50.1 Å². The van der Waals surface area contributed by atoms with Crippen molar-refractivity contribution < 1.29 is 24.0 Å². The van der Waals surface area contributed by atoms with Crippen molar-refractivity contribution in [2.24, 2.45) is 0 Å². The minimum Gasteiger partial charge on any atom is -0.482 e. The first-order valence-corrected chi connectivity index (χ1v) is 9.32. The monoisotopic (exact) mass is 479 g/mol. The van der Waals surface area contributed by atoms with Gasteiger partial charge in [-0.15, -0.1) is 0 Å². The van der Waals surface area contributed by atoms with E-state index < -0.39 is 22.9 Å². The topological polar surface area (TPSA) is 140 Å². The summed E-state index contributed by atoms with van der Waals surface area (Å²) >= 11 is 3.17. The Balaban J connectivity index is 1.99. The Labute approximate surface area is 177 Å². The zero-order chi connectivity index (χ0) is 21.8. The molecule has 1 aromatic heterocycles. The molecule has 0 aliphatic carbocycles. The summed E-state index contributed by atoms with van der Waals surface area (Å²) in [6.07, 6.45) is -0.678. The van der Waals surface area contributed by atoms with Gasteiger partial charge in [-0.2, -0.15) is 0 Å². The van der Waals surface area contributed by atoms with Crippen LogP contribution in [0, 0.1) is 15.9 Å². The van der Waals surface area contributed by atoms with Crippen LogP contribution in [0.2, 0.25) is 0 Å². The maximum absolute atomic E-state index is 14.2. The van der Waals surface area contributed by atoms with Crippen molar-refractivity contribution in [2.45, 2.75) is 13.0 Å². The van der Waals surface area contributed by atoms with Gasteiger partial charge < -0.3 is 20.5 Å². The van der Waals surface area contributed by atoms with E-state index in [0.717, 1.165) is 0 Å². The molecule has 0 aliphatic rings. The van der Waals surface area contributed by atoms with Crippen LogP contribution in [0.1, 0.15) is 6.92 Å². The molecule has 0 bridgehead atoms. The molecule has 0 radical (unpaired) electrons. The number of carbonyl (C=O) groups is 1. The second-order valence-corrected chi connectivity index (χ2v) is 7.10. The molecule has 156 valence electrons. The minimum absolute atomic E-state index is 0.0655. The van der Waals surface area contributed by atoms with E-state index in [1.165, 1.54) is 30.6 Å². The second kappa shape index (κ2) is 8.86. The van der Waals surface area contributed by atoms with Gasteiger partial charge >= 0.3 is 11.8 Å². The zero-order valence-electron chi connectivity index (χ0n) is 15.4. The van der Waals surface area contributed by atoms with Crippen molar-refractivity contribution in [2.75, 3.05) is 11.9 Å². The third-order valence-corrected chi connectivity index (χ3v) is 4.46. The summed E-state index contributed by atoms with van der Waals surface area (Å²) in [5, 5.41) is 25.5. The Kier molecular flexibility index (Phi) is 6.26. The van der Waals surface area contributed by atoms with Crippen LogP contribution in [0.4, 0.5) is 26.4 Å². The van der Waals surface area contributed by atoms with E-state index in [0.29, 0.717) is 9.99 Å². The molecule has 0 spiro atoms. The number of nitrogens with one attached hydrogen (secondary N) is 2. The number of nitro benzene ring substituents is 1. The Morgan fingerprint density at radius 1 is 1.37 bits per heavy atom. The van der Waals surface area contributed by atoms with E-state index in [2.05, 4.69) is 36.5 Å². The SMILES string of the molecule is C[C@@H](CNC(=O)O)Oc1cc2ncnc(Nc3ccc(Br)cc3F)c2cc1[N+](=O)[O-]. The van der Waals surface area contributed by atoms with Crippen molar-refractivity contribution in [3.8, 4) is 5.75 Å². The number of halogens is 2. The van der Waals surface area contributed by atoms with E-state index >= 15 is 0 Å². The third kappa shape index (κ3) is 4.89. The Morgan fingerprint density at radius 3 is 2.80 bits per heavy atom. The van der Waals surface area contributed by atoms with Crippen LogP contribution in [0.3, 0.4) is 0 Å². The molecule has 12 heteroatoms. The molecule has 3 aromatic rings. The molecule has 0 fully saturated rings. The Morgan fingerprint density at radius 2 is 2.13 bits per heavy atom. The molecule has 2 aromatic carbocycles. The number of rotatable bonds is 7. The van der Waals surface area contributed by atoms with Crippen LogP contribution in [0.5, 0.6) is 5.75 Å². The van der Waals surface area contributed by atoms with Crippen LogP contribution < -0.4 is 15.4 Å². The molecule has 3 rings (SSSR count). The fraction of sp³-hybridized carbons (Fsp3) is 0.167. The number of aromatic nitrogens is 2. The molecular weight excluding hydrogens is 465 g/mol. The lowest BCUT2D eigenvalue weighted by Crippen LogP contribution is -2.32. The average Bonchev–Trinajstić information content (AvgIpc) is 2.68. The number of nitrogens with zero attached hydrogens (tertiary/aromatic N) is 3. The molecule has 1 heterocycles. The maximum atomic E-state index is 14.2. The van der Waals surface area contributed by atoms with Gasteiger partial charge in [0.05, 0.1) is 28.1 Å². The van der Waals surface area contributed by atoms with Gasteiger partial charge in [0.25, 0.3) is 0 Å². The Bertz CT molecular complexity index is 1130. The predicted molar refractivity (Wildman–Crippen MR) is 110 cm³/mol. The van der Waals surface area contributed by atoms with E-state index in [-0.39, 0.29) is 34.9 Å². The molecule has 0 saturated heterocycles. The molecule has 1 atom stereocenters. The van der Waals surface area contributed by atoms with Crippen LogP contribution in [0.15, 0.2) is 41.1 Å². The Hall–Kier alpha value is -3.54. The maximum Gasteiger partial charge on any atom is 0.404 e. The van der Waals surface area contributed by atoms with Gasteiger partial charge in [-0.1, -0.05) is 15.9 Å². The number of hydrogen-bond donors (Lipinski definition) is 3. The standard InChI is InChI=1S/C18H15BrFN5O5/c1-9(7-21-18(26)27)30-16-6-14-11(5-15(16)25(28)29)17(23-8-22-14)24-13-3-2-10(19)4-12(13)20/h2-6,8-9,21H,7H2,1H3,(H,26,27)(H,22,23,24)/t9-/m0/s1. The summed E-state index contributed by atoms with van der Waals surface area (Å²) in [5.74, 6) is -0.437. The second-order valence-electron chi connectivity index (χ2n) is 6.18. The minimum atomic E-state index is -1.23. The number of nitro groups is 1. The summed E-state index contributed by atoms with van der Waals surface area (Å²) in [6.45, 7) is 1.50. The summed E-state index contributed by atoms with van der Waals surface area (Å²) in [7, 11) is 0. The molecular formula is C18H15BrFN5O5. The largest absolute Gasteiger partial charge is 0.482 e. The fourth-order valence-corrected chi connectivity index (χ4v) is 2.95. The van der Waals surface area contributed by atoms with Crippen molar-refractivity contribution in [1.29, 1.82) is 0 Å². The lowest BCUT2D eigenvalue weighted by atomic mass is 10.2. The summed E-state index contributed by atoms with van der Waals surface area (Å²) in [6, 6.07) is 6.98. The lowest BCUT2D eigenvalue weighted by Gasteiger charge is -2.15. The first kappa shape index (κ1) is 21.2. The van der Waals surface area contributed by atoms with Crippen molar-refractivity contribution in [3.63, 3.8) is 0 Å². The smallest absolute Gasteiger partial charge is 0.404 e. The van der Waals surface area contributed by atoms with Crippen LogP contribution in [-0.4, -0.2) is 38.7 Å². The van der Waals surface area contributed by atoms with Gasteiger partial charge in [0.1, 0.15) is 24.1 Å². The van der Waals surface area contributed by atoms with Gasteiger partial charge in [0, 0.05) is 16.6 Å². The normalized spacial score (nSPS) is 11.7. The highest BCUT2D eigenvalue weighted by atomic mass is 79.9. The van der Waals surface area contributed by atoms with Crippen molar-refractivity contribution in [1.82, 2.24) is 15.3 Å². The summed E-state index contributed by atoms with van der Waals surface area (Å²) < 4.78 is 20.3. The molecule has 0 unspecified atom stereocenters. The number of hydrogen-bond acceptors (Lipinski definition) is 7. The number of amides is 1. The van der Waals surface area contributed by atoms with Crippen LogP contribution in [0.25, 0.3) is 10.9 Å². The van der Waals surface area contributed by atoms with Crippen molar-refractivity contribution in [3.05, 3.63) is 57.1 Å².